The molecule has 5 nitrogen and oxygen atoms in total. The number of aryl methyl sites for hydroxylation is 1. The molecule has 0 aliphatic rings. The van der Waals surface area contributed by atoms with Crippen LogP contribution >= 0.6 is 0 Å². The number of hydrogen-bond donors (Lipinski definition) is 0. The Morgan fingerprint density at radius 3 is 1.73 bits per heavy atom. The Hall–Kier alpha value is -1.39. The Morgan fingerprint density at radius 1 is 0.909 bits per heavy atom. The maximum atomic E-state index is 4.80. The van der Waals surface area contributed by atoms with Crippen molar-refractivity contribution in [1.82, 2.24) is 15.0 Å². The molecule has 0 unspecified atom stereocenters. The molecule has 0 aliphatic carbocycles. The summed E-state index contributed by atoms with van der Waals surface area (Å²) in [4.78, 5) is 11.6. The second kappa shape index (κ2) is 3.14. The zero-order valence-electron chi connectivity index (χ0n) is 6.66. The number of nitrogens with zero attached hydrogens (tertiary/aromatic N) is 3. The van der Waals surface area contributed by atoms with Gasteiger partial charge in [-0.05, 0) is 6.92 Å². The average Bonchev–Trinajstić information content (AvgIpc) is 2.03. The smallest absolute Gasteiger partial charge is 0.322 e. The van der Waals surface area contributed by atoms with Crippen LogP contribution in [0.15, 0.2) is 0 Å². The number of rotatable bonds is 2. The molecule has 0 aliphatic heterocycles. The van der Waals surface area contributed by atoms with Gasteiger partial charge in [0.2, 0.25) is 0 Å². The normalized spacial score (nSPS) is 9.36. The van der Waals surface area contributed by atoms with E-state index in [2.05, 4.69) is 15.0 Å². The minimum Gasteiger partial charge on any atom is -0.467 e. The Morgan fingerprint density at radius 2 is 1.36 bits per heavy atom. The first kappa shape index (κ1) is 7.71. The third kappa shape index (κ3) is 1.76. The van der Waals surface area contributed by atoms with Crippen molar-refractivity contribution in [3.8, 4) is 12.0 Å². The van der Waals surface area contributed by atoms with Crippen molar-refractivity contribution in [2.75, 3.05) is 14.2 Å². The van der Waals surface area contributed by atoms with Crippen molar-refractivity contribution in [2.24, 2.45) is 0 Å². The van der Waals surface area contributed by atoms with E-state index in [9.17, 15) is 0 Å². The third-order valence-electron chi connectivity index (χ3n) is 1.07. The fourth-order valence-corrected chi connectivity index (χ4v) is 0.616. The lowest BCUT2D eigenvalue weighted by molar-refractivity contribution is 0.337. The molecule has 11 heavy (non-hydrogen) atoms. The summed E-state index contributed by atoms with van der Waals surface area (Å²) in [6.45, 7) is 1.74. The van der Waals surface area contributed by atoms with Crippen LogP contribution in [0.5, 0.6) is 12.0 Å². The molecule has 1 heterocycles. The topological polar surface area (TPSA) is 57.1 Å². The Balaban J connectivity index is 3.02. The number of aromatic nitrogens is 3. The summed E-state index contributed by atoms with van der Waals surface area (Å²) in [6, 6.07) is 0.545. The second-order valence-corrected chi connectivity index (χ2v) is 1.86. The highest BCUT2D eigenvalue weighted by Crippen LogP contribution is 2.06. The second-order valence-electron chi connectivity index (χ2n) is 1.86. The summed E-state index contributed by atoms with van der Waals surface area (Å²) in [5, 5.41) is 0. The van der Waals surface area contributed by atoms with Crippen LogP contribution in [0.2, 0.25) is 0 Å². The number of ether oxygens (including phenoxy) is 2. The summed E-state index contributed by atoms with van der Waals surface area (Å²) >= 11 is 0. The van der Waals surface area contributed by atoms with Crippen molar-refractivity contribution in [1.29, 1.82) is 0 Å². The van der Waals surface area contributed by atoms with Crippen LogP contribution in [0.25, 0.3) is 0 Å². The lowest BCUT2D eigenvalue weighted by Gasteiger charge is -2.00. The standard InChI is InChI=1S/C6H9N3O2/c1-4-7-5(10-2)9-6(8-4)11-3/h1-3H3. The maximum Gasteiger partial charge on any atom is 0.322 e. The monoisotopic (exact) mass is 155 g/mol. The van der Waals surface area contributed by atoms with Crippen LogP contribution < -0.4 is 9.47 Å². The SMILES string of the molecule is COc1nc(C)nc(OC)n1. The van der Waals surface area contributed by atoms with E-state index in [1.807, 2.05) is 0 Å². The van der Waals surface area contributed by atoms with E-state index in [1.165, 1.54) is 14.2 Å². The summed E-state index contributed by atoms with van der Waals surface area (Å²) in [7, 11) is 2.99. The van der Waals surface area contributed by atoms with Crippen LogP contribution in [0, 0.1) is 6.92 Å². The summed E-state index contributed by atoms with van der Waals surface area (Å²) in [6.07, 6.45) is 0. The molecular weight excluding hydrogens is 146 g/mol. The average molecular weight is 155 g/mol. The van der Waals surface area contributed by atoms with E-state index in [0.29, 0.717) is 5.82 Å². The van der Waals surface area contributed by atoms with Crippen LogP contribution in [0.4, 0.5) is 0 Å². The van der Waals surface area contributed by atoms with Gasteiger partial charge in [0.1, 0.15) is 5.82 Å². The van der Waals surface area contributed by atoms with Crippen molar-refractivity contribution in [3.63, 3.8) is 0 Å². The highest BCUT2D eigenvalue weighted by Gasteiger charge is 2.01. The molecular formula is C6H9N3O2. The lowest BCUT2D eigenvalue weighted by atomic mass is 10.7. The van der Waals surface area contributed by atoms with Gasteiger partial charge in [-0.15, -0.1) is 4.98 Å². The van der Waals surface area contributed by atoms with Crippen molar-refractivity contribution in [3.05, 3.63) is 5.82 Å². The molecule has 60 valence electrons. The molecule has 0 fully saturated rings. The highest BCUT2D eigenvalue weighted by atomic mass is 16.5. The zero-order valence-corrected chi connectivity index (χ0v) is 6.66. The van der Waals surface area contributed by atoms with Gasteiger partial charge in [0.15, 0.2) is 0 Å². The molecule has 5 heteroatoms. The van der Waals surface area contributed by atoms with Crippen LogP contribution in [0.1, 0.15) is 5.82 Å². The van der Waals surface area contributed by atoms with Crippen LogP contribution in [0.3, 0.4) is 0 Å². The zero-order chi connectivity index (χ0) is 8.27. The minimum absolute atomic E-state index is 0.273. The van der Waals surface area contributed by atoms with Gasteiger partial charge in [0, 0.05) is 0 Å². The molecule has 0 radical (unpaired) electrons. The summed E-state index contributed by atoms with van der Waals surface area (Å²) in [5.41, 5.74) is 0. The van der Waals surface area contributed by atoms with E-state index in [0.717, 1.165) is 0 Å². The first-order valence-corrected chi connectivity index (χ1v) is 3.07. The minimum atomic E-state index is 0.273. The first-order valence-electron chi connectivity index (χ1n) is 3.07. The van der Waals surface area contributed by atoms with Gasteiger partial charge < -0.3 is 9.47 Å². The highest BCUT2D eigenvalue weighted by molar-refractivity contribution is 5.03. The van der Waals surface area contributed by atoms with E-state index in [-0.39, 0.29) is 12.0 Å². The fraction of sp³-hybridized carbons (Fsp3) is 0.500. The van der Waals surface area contributed by atoms with Gasteiger partial charge in [-0.1, -0.05) is 0 Å². The molecule has 0 bridgehead atoms. The van der Waals surface area contributed by atoms with Crippen molar-refractivity contribution < 1.29 is 9.47 Å². The Labute approximate surface area is 64.4 Å². The molecule has 0 saturated carbocycles. The Bertz CT molecular complexity index is 229. The molecule has 1 aromatic heterocycles. The van der Waals surface area contributed by atoms with Gasteiger partial charge >= 0.3 is 12.0 Å². The van der Waals surface area contributed by atoms with Gasteiger partial charge in [-0.2, -0.15) is 9.97 Å². The summed E-state index contributed by atoms with van der Waals surface area (Å²) < 4.78 is 9.59. The van der Waals surface area contributed by atoms with Gasteiger partial charge in [-0.25, -0.2) is 0 Å². The molecule has 0 aromatic carbocycles. The van der Waals surface area contributed by atoms with Crippen molar-refractivity contribution >= 4 is 0 Å². The van der Waals surface area contributed by atoms with Crippen LogP contribution in [-0.4, -0.2) is 29.2 Å². The molecule has 0 atom stereocenters. The number of methoxy groups -OCH3 is 2. The molecule has 0 spiro atoms. The lowest BCUT2D eigenvalue weighted by Crippen LogP contribution is -2.00. The maximum absolute atomic E-state index is 4.80. The van der Waals surface area contributed by atoms with E-state index < -0.39 is 0 Å². The predicted octanol–water partition coefficient (Wildman–Crippen LogP) is 0.197. The summed E-state index contributed by atoms with van der Waals surface area (Å²) in [5.74, 6) is 0.578. The molecule has 1 aromatic rings. The van der Waals surface area contributed by atoms with E-state index in [1.54, 1.807) is 6.92 Å². The molecule has 0 saturated heterocycles. The first-order chi connectivity index (χ1) is 5.26. The van der Waals surface area contributed by atoms with Gasteiger partial charge in [0.25, 0.3) is 0 Å². The van der Waals surface area contributed by atoms with Crippen LogP contribution in [-0.2, 0) is 0 Å². The number of hydrogen-bond acceptors (Lipinski definition) is 5. The van der Waals surface area contributed by atoms with Gasteiger partial charge in [0.05, 0.1) is 14.2 Å². The fourth-order valence-electron chi connectivity index (χ4n) is 0.616. The predicted molar refractivity (Wildman–Crippen MR) is 37.7 cm³/mol. The van der Waals surface area contributed by atoms with Crippen molar-refractivity contribution in [2.45, 2.75) is 6.92 Å². The Kier molecular flexibility index (Phi) is 2.20. The van der Waals surface area contributed by atoms with E-state index in [4.69, 9.17) is 9.47 Å². The quantitative estimate of drug-likeness (QED) is 0.610. The van der Waals surface area contributed by atoms with Gasteiger partial charge in [-0.3, -0.25) is 0 Å². The molecule has 0 N–H and O–H groups in total. The van der Waals surface area contributed by atoms with E-state index >= 15 is 0 Å². The molecule has 0 amide bonds. The molecule has 1 rings (SSSR count). The largest absolute Gasteiger partial charge is 0.467 e. The third-order valence-corrected chi connectivity index (χ3v) is 1.07.